The van der Waals surface area contributed by atoms with Crippen LogP contribution >= 0.6 is 11.3 Å². The molecule has 3 rings (SSSR count). The van der Waals surface area contributed by atoms with Gasteiger partial charge >= 0.3 is 0 Å². The molecule has 0 radical (unpaired) electrons. The maximum atomic E-state index is 12.8. The average molecular weight is 293 g/mol. The van der Waals surface area contributed by atoms with Crippen molar-refractivity contribution >= 4 is 16.5 Å². The fourth-order valence-electron chi connectivity index (χ4n) is 2.18. The summed E-state index contributed by atoms with van der Waals surface area (Å²) in [5.41, 5.74) is 0.440. The highest BCUT2D eigenvalue weighted by Crippen LogP contribution is 2.32. The van der Waals surface area contributed by atoms with Gasteiger partial charge in [0.15, 0.2) is 0 Å². The summed E-state index contributed by atoms with van der Waals surface area (Å²) in [5.74, 6) is -0.234. The maximum absolute atomic E-state index is 12.8. The Morgan fingerprint density at radius 1 is 1.25 bits per heavy atom. The van der Waals surface area contributed by atoms with Crippen LogP contribution < -0.4 is 5.32 Å². The van der Waals surface area contributed by atoms with Gasteiger partial charge < -0.3 is 10.4 Å². The van der Waals surface area contributed by atoms with Gasteiger partial charge in [-0.25, -0.2) is 4.39 Å². The minimum Gasteiger partial charge on any atom is -0.388 e. The normalized spacial score (nSPS) is 16.7. The first-order valence-electron chi connectivity index (χ1n) is 6.66. The summed E-state index contributed by atoms with van der Waals surface area (Å²) >= 11 is 1.47. The summed E-state index contributed by atoms with van der Waals surface area (Å²) in [7, 11) is 0. The van der Waals surface area contributed by atoms with Gasteiger partial charge in [-0.05, 0) is 37.0 Å². The van der Waals surface area contributed by atoms with Gasteiger partial charge in [0.05, 0.1) is 5.60 Å². The van der Waals surface area contributed by atoms with Gasteiger partial charge in [0.25, 0.3) is 0 Å². The summed E-state index contributed by atoms with van der Waals surface area (Å²) in [5, 5.41) is 22.9. The monoisotopic (exact) mass is 293 g/mol. The molecule has 0 unspecified atom stereocenters. The molecular formula is C14H16FN3OS. The van der Waals surface area contributed by atoms with E-state index in [-0.39, 0.29) is 5.82 Å². The van der Waals surface area contributed by atoms with Crippen LogP contribution in [0.4, 0.5) is 9.52 Å². The Kier molecular flexibility index (Phi) is 3.67. The molecule has 6 heteroatoms. The number of nitrogens with zero attached hydrogens (tertiary/aromatic N) is 2. The molecular weight excluding hydrogens is 277 g/mol. The molecule has 1 aliphatic rings. The fourth-order valence-corrected chi connectivity index (χ4v) is 2.94. The van der Waals surface area contributed by atoms with Crippen molar-refractivity contribution in [2.24, 2.45) is 0 Å². The van der Waals surface area contributed by atoms with Crippen LogP contribution in [0.15, 0.2) is 24.3 Å². The van der Waals surface area contributed by atoms with E-state index in [1.165, 1.54) is 23.5 Å². The van der Waals surface area contributed by atoms with Crippen molar-refractivity contribution < 1.29 is 9.50 Å². The molecule has 1 aromatic carbocycles. The standard InChI is InChI=1S/C14H16FN3OS/c15-11-4-2-10(3-5-11)8-12-17-18-13(20-12)16-9-14(19)6-1-7-14/h2-5,19H,1,6-9H2,(H,16,18). The molecule has 1 heterocycles. The van der Waals surface area contributed by atoms with E-state index in [2.05, 4.69) is 15.5 Å². The average Bonchev–Trinajstić information content (AvgIpc) is 2.85. The van der Waals surface area contributed by atoms with Crippen molar-refractivity contribution in [3.05, 3.63) is 40.7 Å². The summed E-state index contributed by atoms with van der Waals surface area (Å²) in [6.07, 6.45) is 3.43. The number of hydrogen-bond acceptors (Lipinski definition) is 5. The molecule has 4 nitrogen and oxygen atoms in total. The molecule has 1 fully saturated rings. The Hall–Kier alpha value is -1.53. The lowest BCUT2D eigenvalue weighted by molar-refractivity contribution is -0.0202. The molecule has 0 amide bonds. The Morgan fingerprint density at radius 3 is 2.65 bits per heavy atom. The zero-order chi connectivity index (χ0) is 14.0. The van der Waals surface area contributed by atoms with Gasteiger partial charge in [-0.3, -0.25) is 0 Å². The molecule has 0 saturated heterocycles. The second-order valence-electron chi connectivity index (χ2n) is 5.24. The largest absolute Gasteiger partial charge is 0.388 e. The van der Waals surface area contributed by atoms with Gasteiger partial charge in [0.1, 0.15) is 10.8 Å². The molecule has 20 heavy (non-hydrogen) atoms. The molecule has 0 atom stereocenters. The lowest BCUT2D eigenvalue weighted by atomic mass is 9.80. The van der Waals surface area contributed by atoms with Gasteiger partial charge in [0.2, 0.25) is 5.13 Å². The van der Waals surface area contributed by atoms with Crippen LogP contribution in [-0.4, -0.2) is 27.4 Å². The van der Waals surface area contributed by atoms with E-state index in [1.807, 2.05) is 0 Å². The van der Waals surface area contributed by atoms with E-state index < -0.39 is 5.60 Å². The van der Waals surface area contributed by atoms with E-state index in [0.29, 0.717) is 13.0 Å². The SMILES string of the molecule is OC1(CNc2nnc(Cc3ccc(F)cc3)s2)CCC1. The van der Waals surface area contributed by atoms with E-state index in [0.717, 1.165) is 35.0 Å². The number of nitrogens with one attached hydrogen (secondary N) is 1. The second kappa shape index (κ2) is 5.46. The van der Waals surface area contributed by atoms with Crippen LogP contribution in [0.3, 0.4) is 0 Å². The van der Waals surface area contributed by atoms with Crippen molar-refractivity contribution in [2.45, 2.75) is 31.3 Å². The highest BCUT2D eigenvalue weighted by Gasteiger charge is 2.34. The Balaban J connectivity index is 1.57. The summed E-state index contributed by atoms with van der Waals surface area (Å²) in [6.45, 7) is 0.526. The summed E-state index contributed by atoms with van der Waals surface area (Å²) in [6, 6.07) is 6.39. The first kappa shape index (κ1) is 13.5. The Labute approximate surface area is 120 Å². The smallest absolute Gasteiger partial charge is 0.205 e. The van der Waals surface area contributed by atoms with E-state index in [9.17, 15) is 9.50 Å². The van der Waals surface area contributed by atoms with Gasteiger partial charge in [-0.15, -0.1) is 10.2 Å². The zero-order valence-corrected chi connectivity index (χ0v) is 11.8. The number of anilines is 1. The lowest BCUT2D eigenvalue weighted by Gasteiger charge is -2.36. The third kappa shape index (κ3) is 3.13. The lowest BCUT2D eigenvalue weighted by Crippen LogP contribution is -2.43. The predicted molar refractivity (Wildman–Crippen MR) is 76.4 cm³/mol. The van der Waals surface area contributed by atoms with E-state index in [1.54, 1.807) is 12.1 Å². The van der Waals surface area contributed by atoms with Crippen molar-refractivity contribution in [3.8, 4) is 0 Å². The van der Waals surface area contributed by atoms with Crippen LogP contribution in [-0.2, 0) is 6.42 Å². The minimum atomic E-state index is -0.567. The molecule has 2 aromatic rings. The first-order valence-corrected chi connectivity index (χ1v) is 7.48. The van der Waals surface area contributed by atoms with Crippen molar-refractivity contribution in [3.63, 3.8) is 0 Å². The van der Waals surface area contributed by atoms with Crippen LogP contribution in [0.1, 0.15) is 29.8 Å². The Morgan fingerprint density at radius 2 is 2.00 bits per heavy atom. The minimum absolute atomic E-state index is 0.234. The van der Waals surface area contributed by atoms with Gasteiger partial charge in [0, 0.05) is 13.0 Å². The third-order valence-corrected chi connectivity index (χ3v) is 4.47. The first-order chi connectivity index (χ1) is 9.63. The number of hydrogen-bond donors (Lipinski definition) is 2. The third-order valence-electron chi connectivity index (χ3n) is 3.59. The summed E-state index contributed by atoms with van der Waals surface area (Å²) < 4.78 is 12.8. The molecule has 1 saturated carbocycles. The number of benzene rings is 1. The fraction of sp³-hybridized carbons (Fsp3) is 0.429. The van der Waals surface area contributed by atoms with Crippen molar-refractivity contribution in [2.75, 3.05) is 11.9 Å². The number of rotatable bonds is 5. The van der Waals surface area contributed by atoms with Crippen molar-refractivity contribution in [1.82, 2.24) is 10.2 Å². The van der Waals surface area contributed by atoms with E-state index in [4.69, 9.17) is 0 Å². The predicted octanol–water partition coefficient (Wildman–Crippen LogP) is 2.59. The molecule has 2 N–H and O–H groups in total. The summed E-state index contributed by atoms with van der Waals surface area (Å²) in [4.78, 5) is 0. The molecule has 0 bridgehead atoms. The molecule has 0 spiro atoms. The van der Waals surface area contributed by atoms with E-state index >= 15 is 0 Å². The second-order valence-corrected chi connectivity index (χ2v) is 6.30. The maximum Gasteiger partial charge on any atom is 0.205 e. The van der Waals surface area contributed by atoms with Gasteiger partial charge in [-0.1, -0.05) is 23.5 Å². The highest BCUT2D eigenvalue weighted by molar-refractivity contribution is 7.15. The van der Waals surface area contributed by atoms with Crippen LogP contribution in [0.25, 0.3) is 0 Å². The Bertz CT molecular complexity index is 580. The van der Waals surface area contributed by atoms with Crippen LogP contribution in [0.5, 0.6) is 0 Å². The van der Waals surface area contributed by atoms with Crippen LogP contribution in [0, 0.1) is 5.82 Å². The molecule has 0 aliphatic heterocycles. The van der Waals surface area contributed by atoms with Crippen molar-refractivity contribution in [1.29, 1.82) is 0 Å². The number of aliphatic hydroxyl groups is 1. The molecule has 1 aliphatic carbocycles. The molecule has 106 valence electrons. The topological polar surface area (TPSA) is 58.0 Å². The zero-order valence-electron chi connectivity index (χ0n) is 11.0. The quantitative estimate of drug-likeness (QED) is 0.889. The highest BCUT2D eigenvalue weighted by atomic mass is 32.1. The van der Waals surface area contributed by atoms with Gasteiger partial charge in [-0.2, -0.15) is 0 Å². The van der Waals surface area contributed by atoms with Crippen LogP contribution in [0.2, 0.25) is 0 Å². The number of halogens is 1. The molecule has 1 aromatic heterocycles. The number of aromatic nitrogens is 2.